The van der Waals surface area contributed by atoms with Crippen LogP contribution in [0.4, 0.5) is 5.82 Å². The number of anilines is 1. The Bertz CT molecular complexity index is 350. The molecule has 2 N–H and O–H groups in total. The van der Waals surface area contributed by atoms with Gasteiger partial charge >= 0.3 is 0 Å². The predicted molar refractivity (Wildman–Crippen MR) is 55.6 cm³/mol. The molecule has 0 saturated heterocycles. The summed E-state index contributed by atoms with van der Waals surface area (Å²) in [5.41, 5.74) is 7.47. The lowest BCUT2D eigenvalue weighted by molar-refractivity contribution is 1.26. The Balaban J connectivity index is 2.89. The summed E-state index contributed by atoms with van der Waals surface area (Å²) in [7, 11) is 0. The van der Waals surface area contributed by atoms with Crippen molar-refractivity contribution in [3.63, 3.8) is 0 Å². The molecule has 3 heteroatoms. The molecule has 0 saturated carbocycles. The second-order valence-corrected chi connectivity index (χ2v) is 3.06. The van der Waals surface area contributed by atoms with E-state index < -0.39 is 0 Å². The largest absolute Gasteiger partial charge is 0.383 e. The third-order valence-electron chi connectivity index (χ3n) is 1.50. The molecule has 2 nitrogen and oxygen atoms in total. The van der Waals surface area contributed by atoms with Gasteiger partial charge < -0.3 is 5.73 Å². The van der Waals surface area contributed by atoms with Gasteiger partial charge in [-0.15, -0.1) is 11.6 Å². The molecule has 13 heavy (non-hydrogen) atoms. The lowest BCUT2D eigenvalue weighted by Crippen LogP contribution is -1.94. The van der Waals surface area contributed by atoms with Crippen LogP contribution >= 0.6 is 11.6 Å². The van der Waals surface area contributed by atoms with Gasteiger partial charge in [-0.2, -0.15) is 0 Å². The second-order valence-electron chi connectivity index (χ2n) is 2.69. The summed E-state index contributed by atoms with van der Waals surface area (Å²) in [6, 6.07) is 1.92. The molecule has 1 rings (SSSR count). The van der Waals surface area contributed by atoms with Crippen LogP contribution in [0.1, 0.15) is 17.5 Å². The molecule has 1 aromatic rings. The number of halogens is 1. The molecule has 1 heterocycles. The lowest BCUT2D eigenvalue weighted by atomic mass is 10.2. The smallest absolute Gasteiger partial charge is 0.139 e. The van der Waals surface area contributed by atoms with Crippen LogP contribution in [-0.4, -0.2) is 10.9 Å². The Hall–Kier alpha value is -1.20. The van der Waals surface area contributed by atoms with Gasteiger partial charge in [0.2, 0.25) is 0 Å². The number of pyridine rings is 1. The fourth-order valence-electron chi connectivity index (χ4n) is 0.885. The first-order valence-corrected chi connectivity index (χ1v) is 4.54. The zero-order chi connectivity index (χ0) is 9.68. The number of hydrogen-bond donors (Lipinski definition) is 1. The van der Waals surface area contributed by atoms with E-state index in [9.17, 15) is 0 Å². The van der Waals surface area contributed by atoms with Crippen LogP contribution in [0, 0.1) is 18.8 Å². The first-order chi connectivity index (χ1) is 6.24. The van der Waals surface area contributed by atoms with Gasteiger partial charge in [0.15, 0.2) is 0 Å². The summed E-state index contributed by atoms with van der Waals surface area (Å²) in [5.74, 6) is 6.88. The Kier molecular flexibility index (Phi) is 3.60. The molecule has 0 bridgehead atoms. The van der Waals surface area contributed by atoms with Crippen LogP contribution in [0.15, 0.2) is 12.3 Å². The number of rotatable bonds is 1. The van der Waals surface area contributed by atoms with Crippen molar-refractivity contribution in [3.8, 4) is 11.8 Å². The minimum Gasteiger partial charge on any atom is -0.383 e. The van der Waals surface area contributed by atoms with Crippen molar-refractivity contribution in [2.75, 3.05) is 11.6 Å². The average Bonchev–Trinajstić information content (AvgIpc) is 2.11. The minimum atomic E-state index is 0.479. The Morgan fingerprint density at radius 2 is 2.38 bits per heavy atom. The third-order valence-corrected chi connectivity index (χ3v) is 1.69. The molecular formula is C10H11ClN2. The summed E-state index contributed by atoms with van der Waals surface area (Å²) in [5, 5.41) is 0. The number of aryl methyl sites for hydroxylation is 1. The van der Waals surface area contributed by atoms with Crippen LogP contribution in [0.25, 0.3) is 0 Å². The molecular weight excluding hydrogens is 184 g/mol. The number of hydrogen-bond acceptors (Lipinski definition) is 2. The predicted octanol–water partition coefficient (Wildman–Crippen LogP) is 1.95. The molecule has 0 aliphatic rings. The SMILES string of the molecule is Cc1cnc(N)c(C#CCCCl)c1. The van der Waals surface area contributed by atoms with Crippen molar-refractivity contribution >= 4 is 17.4 Å². The summed E-state index contributed by atoms with van der Waals surface area (Å²) in [4.78, 5) is 4.00. The molecule has 0 aliphatic heterocycles. The molecule has 0 radical (unpaired) electrons. The number of nitrogen functional groups attached to an aromatic ring is 1. The molecule has 0 atom stereocenters. The number of aromatic nitrogens is 1. The van der Waals surface area contributed by atoms with E-state index in [1.807, 2.05) is 13.0 Å². The standard InChI is InChI=1S/C10H11ClN2/c1-8-6-9(4-2-3-5-11)10(12)13-7-8/h6-7H,3,5H2,1H3,(H2,12,13). The monoisotopic (exact) mass is 194 g/mol. The van der Waals surface area contributed by atoms with Crippen molar-refractivity contribution in [1.82, 2.24) is 4.98 Å². The Labute approximate surface area is 83.1 Å². The van der Waals surface area contributed by atoms with Gasteiger partial charge in [-0.1, -0.05) is 11.8 Å². The van der Waals surface area contributed by atoms with E-state index in [0.29, 0.717) is 18.1 Å². The van der Waals surface area contributed by atoms with E-state index in [-0.39, 0.29) is 0 Å². The highest BCUT2D eigenvalue weighted by molar-refractivity contribution is 6.18. The minimum absolute atomic E-state index is 0.479. The van der Waals surface area contributed by atoms with Crippen molar-refractivity contribution in [2.45, 2.75) is 13.3 Å². The molecule has 0 amide bonds. The van der Waals surface area contributed by atoms with Gasteiger partial charge in [0.1, 0.15) is 5.82 Å². The maximum atomic E-state index is 5.63. The average molecular weight is 195 g/mol. The molecule has 0 aromatic carbocycles. The van der Waals surface area contributed by atoms with E-state index in [4.69, 9.17) is 17.3 Å². The zero-order valence-corrected chi connectivity index (χ0v) is 8.23. The molecule has 0 aliphatic carbocycles. The first kappa shape index (κ1) is 9.88. The molecule has 0 fully saturated rings. The molecule has 1 aromatic heterocycles. The maximum Gasteiger partial charge on any atom is 0.139 e. The second kappa shape index (κ2) is 4.74. The van der Waals surface area contributed by atoms with Gasteiger partial charge in [0.05, 0.1) is 5.56 Å². The van der Waals surface area contributed by atoms with Crippen molar-refractivity contribution in [1.29, 1.82) is 0 Å². The molecule has 0 spiro atoms. The van der Waals surface area contributed by atoms with Gasteiger partial charge in [-0.05, 0) is 18.6 Å². The Morgan fingerprint density at radius 1 is 1.62 bits per heavy atom. The Morgan fingerprint density at radius 3 is 3.08 bits per heavy atom. The third kappa shape index (κ3) is 2.96. The fraction of sp³-hybridized carbons (Fsp3) is 0.300. The zero-order valence-electron chi connectivity index (χ0n) is 7.47. The van der Waals surface area contributed by atoms with E-state index in [0.717, 1.165) is 11.1 Å². The number of alkyl halides is 1. The quantitative estimate of drug-likeness (QED) is 0.548. The van der Waals surface area contributed by atoms with Crippen LogP contribution < -0.4 is 5.73 Å². The van der Waals surface area contributed by atoms with Gasteiger partial charge in [-0.3, -0.25) is 0 Å². The van der Waals surface area contributed by atoms with Gasteiger partial charge in [0.25, 0.3) is 0 Å². The summed E-state index contributed by atoms with van der Waals surface area (Å²) >= 11 is 5.49. The summed E-state index contributed by atoms with van der Waals surface area (Å²) in [6.07, 6.45) is 2.40. The van der Waals surface area contributed by atoms with Crippen LogP contribution in [0.3, 0.4) is 0 Å². The van der Waals surface area contributed by atoms with E-state index >= 15 is 0 Å². The van der Waals surface area contributed by atoms with Crippen molar-refractivity contribution in [2.24, 2.45) is 0 Å². The fourth-order valence-corrected chi connectivity index (χ4v) is 0.979. The van der Waals surface area contributed by atoms with Gasteiger partial charge in [0, 0.05) is 18.5 Å². The number of nitrogens with zero attached hydrogens (tertiary/aromatic N) is 1. The van der Waals surface area contributed by atoms with Crippen LogP contribution in [0.5, 0.6) is 0 Å². The van der Waals surface area contributed by atoms with Crippen molar-refractivity contribution in [3.05, 3.63) is 23.4 Å². The number of nitrogens with two attached hydrogens (primary N) is 1. The van der Waals surface area contributed by atoms with E-state index in [1.54, 1.807) is 6.20 Å². The summed E-state index contributed by atoms with van der Waals surface area (Å²) < 4.78 is 0. The van der Waals surface area contributed by atoms with Gasteiger partial charge in [-0.25, -0.2) is 4.98 Å². The highest BCUT2D eigenvalue weighted by Gasteiger charge is 1.95. The van der Waals surface area contributed by atoms with Crippen LogP contribution in [0.2, 0.25) is 0 Å². The molecule has 0 unspecified atom stereocenters. The lowest BCUT2D eigenvalue weighted by Gasteiger charge is -1.97. The van der Waals surface area contributed by atoms with E-state index in [2.05, 4.69) is 16.8 Å². The highest BCUT2D eigenvalue weighted by Crippen LogP contribution is 2.08. The topological polar surface area (TPSA) is 38.9 Å². The first-order valence-electron chi connectivity index (χ1n) is 4.01. The summed E-state index contributed by atoms with van der Waals surface area (Å²) in [6.45, 7) is 1.96. The maximum absolute atomic E-state index is 5.63. The van der Waals surface area contributed by atoms with Crippen LogP contribution in [-0.2, 0) is 0 Å². The van der Waals surface area contributed by atoms with Crippen molar-refractivity contribution < 1.29 is 0 Å². The van der Waals surface area contributed by atoms with E-state index in [1.165, 1.54) is 0 Å². The molecule has 68 valence electrons. The highest BCUT2D eigenvalue weighted by atomic mass is 35.5. The normalized spacial score (nSPS) is 9.08.